The number of aromatic nitrogens is 3. The standard InChI is InChI=1S/C21H18F3N5O3/c1-12-11-28(14-8-6-13(7-9-14)21(22,23)24)20(31)18-15(10-25-29(12)18)19(30)27-16-4-3-5-17(26-16)32-2/h3-10,12H,11H2,1-2H3,(H,26,27,30)/t12-/m0/s1. The van der Waals surface area contributed by atoms with Gasteiger partial charge in [0.1, 0.15) is 11.5 Å². The lowest BCUT2D eigenvalue weighted by Gasteiger charge is -2.32. The summed E-state index contributed by atoms with van der Waals surface area (Å²) in [5.74, 6) is -0.603. The summed E-state index contributed by atoms with van der Waals surface area (Å²) in [6.45, 7) is 1.99. The van der Waals surface area contributed by atoms with E-state index in [4.69, 9.17) is 4.74 Å². The second kappa shape index (κ2) is 7.98. The quantitative estimate of drug-likeness (QED) is 0.660. The van der Waals surface area contributed by atoms with E-state index in [0.717, 1.165) is 12.1 Å². The Morgan fingerprint density at radius 3 is 2.56 bits per heavy atom. The molecule has 32 heavy (non-hydrogen) atoms. The van der Waals surface area contributed by atoms with Crippen molar-refractivity contribution in [2.45, 2.75) is 19.1 Å². The number of halogens is 3. The molecule has 0 aliphatic carbocycles. The van der Waals surface area contributed by atoms with Crippen LogP contribution in [0.1, 0.15) is 39.4 Å². The third-order valence-electron chi connectivity index (χ3n) is 5.03. The first-order chi connectivity index (χ1) is 15.2. The molecule has 1 N–H and O–H groups in total. The number of carbonyl (C=O) groups excluding carboxylic acids is 2. The molecule has 1 aromatic carbocycles. The predicted molar refractivity (Wildman–Crippen MR) is 109 cm³/mol. The van der Waals surface area contributed by atoms with Gasteiger partial charge in [-0.25, -0.2) is 0 Å². The maximum absolute atomic E-state index is 13.2. The van der Waals surface area contributed by atoms with E-state index < -0.39 is 23.6 Å². The van der Waals surface area contributed by atoms with E-state index in [0.29, 0.717) is 11.6 Å². The number of amides is 2. The summed E-state index contributed by atoms with van der Waals surface area (Å²) in [5.41, 5.74) is -0.440. The Kier molecular flexibility index (Phi) is 5.33. The van der Waals surface area contributed by atoms with Crippen LogP contribution in [-0.4, -0.2) is 40.2 Å². The molecule has 2 aromatic heterocycles. The molecule has 0 bridgehead atoms. The molecule has 8 nitrogen and oxygen atoms in total. The number of benzene rings is 1. The molecule has 1 aliphatic heterocycles. The van der Waals surface area contributed by atoms with Crippen molar-refractivity contribution >= 4 is 23.3 Å². The number of alkyl halides is 3. The van der Waals surface area contributed by atoms with Crippen LogP contribution in [-0.2, 0) is 6.18 Å². The zero-order chi connectivity index (χ0) is 23.0. The van der Waals surface area contributed by atoms with Crippen molar-refractivity contribution < 1.29 is 27.5 Å². The van der Waals surface area contributed by atoms with E-state index in [1.165, 1.54) is 35.0 Å². The van der Waals surface area contributed by atoms with Gasteiger partial charge in [-0.2, -0.15) is 23.3 Å². The highest BCUT2D eigenvalue weighted by atomic mass is 19.4. The van der Waals surface area contributed by atoms with Gasteiger partial charge in [-0.3, -0.25) is 14.3 Å². The maximum atomic E-state index is 13.2. The van der Waals surface area contributed by atoms with Crippen LogP contribution in [0.2, 0.25) is 0 Å². The second-order valence-corrected chi connectivity index (χ2v) is 7.18. The lowest BCUT2D eigenvalue weighted by molar-refractivity contribution is -0.137. The summed E-state index contributed by atoms with van der Waals surface area (Å²) in [6, 6.07) is 8.83. The van der Waals surface area contributed by atoms with E-state index in [1.807, 2.05) is 0 Å². The van der Waals surface area contributed by atoms with E-state index in [2.05, 4.69) is 15.4 Å². The zero-order valence-corrected chi connectivity index (χ0v) is 17.1. The molecule has 3 heterocycles. The molecule has 0 spiro atoms. The Morgan fingerprint density at radius 1 is 1.19 bits per heavy atom. The van der Waals surface area contributed by atoms with Crippen LogP contribution in [0.4, 0.5) is 24.7 Å². The summed E-state index contributed by atoms with van der Waals surface area (Å²) in [4.78, 5) is 31.5. The molecule has 0 unspecified atom stereocenters. The maximum Gasteiger partial charge on any atom is 0.416 e. The Hall–Kier alpha value is -3.89. The van der Waals surface area contributed by atoms with Crippen molar-refractivity contribution in [2.24, 2.45) is 0 Å². The van der Waals surface area contributed by atoms with Crippen molar-refractivity contribution in [3.8, 4) is 5.88 Å². The second-order valence-electron chi connectivity index (χ2n) is 7.18. The summed E-state index contributed by atoms with van der Waals surface area (Å²) in [5, 5.41) is 6.78. The molecular weight excluding hydrogens is 427 g/mol. The van der Waals surface area contributed by atoms with Gasteiger partial charge in [0.15, 0.2) is 0 Å². The smallest absolute Gasteiger partial charge is 0.416 e. The molecule has 0 fully saturated rings. The van der Waals surface area contributed by atoms with Gasteiger partial charge in [0.05, 0.1) is 30.5 Å². The van der Waals surface area contributed by atoms with Crippen LogP contribution in [0, 0.1) is 0 Å². The summed E-state index contributed by atoms with van der Waals surface area (Å²) in [7, 11) is 1.44. The summed E-state index contributed by atoms with van der Waals surface area (Å²) in [6.07, 6.45) is -3.19. The molecule has 3 aromatic rings. The van der Waals surface area contributed by atoms with E-state index in [9.17, 15) is 22.8 Å². The molecule has 1 aliphatic rings. The third kappa shape index (κ3) is 3.88. The molecule has 4 rings (SSSR count). The fourth-order valence-corrected chi connectivity index (χ4v) is 3.46. The average molecular weight is 445 g/mol. The SMILES string of the molecule is COc1cccc(NC(=O)c2cnn3c2C(=O)N(c2ccc(C(F)(F)F)cc2)C[C@@H]3C)n1. The number of pyridine rings is 1. The number of nitrogens with zero attached hydrogens (tertiary/aromatic N) is 4. The molecular formula is C21H18F3N5O3. The van der Waals surface area contributed by atoms with Crippen molar-refractivity contribution in [3.05, 3.63) is 65.5 Å². The first-order valence-electron chi connectivity index (χ1n) is 9.58. The van der Waals surface area contributed by atoms with Crippen LogP contribution in [0.3, 0.4) is 0 Å². The van der Waals surface area contributed by atoms with Crippen molar-refractivity contribution in [1.29, 1.82) is 0 Å². The van der Waals surface area contributed by atoms with Crippen molar-refractivity contribution in [2.75, 3.05) is 23.9 Å². The Morgan fingerprint density at radius 2 is 1.91 bits per heavy atom. The fraction of sp³-hybridized carbons (Fsp3) is 0.238. The molecule has 11 heteroatoms. The van der Waals surface area contributed by atoms with Gasteiger partial charge in [0.25, 0.3) is 11.8 Å². The minimum Gasteiger partial charge on any atom is -0.481 e. The largest absolute Gasteiger partial charge is 0.481 e. The topological polar surface area (TPSA) is 89.3 Å². The normalized spacial score (nSPS) is 16.0. The van der Waals surface area contributed by atoms with Crippen LogP contribution in [0.15, 0.2) is 48.7 Å². The molecule has 0 radical (unpaired) electrons. The minimum atomic E-state index is -4.48. The van der Waals surface area contributed by atoms with Gasteiger partial charge in [0, 0.05) is 18.3 Å². The number of anilines is 2. The lowest BCUT2D eigenvalue weighted by Crippen LogP contribution is -2.43. The number of carbonyl (C=O) groups is 2. The minimum absolute atomic E-state index is 0.0306. The fourth-order valence-electron chi connectivity index (χ4n) is 3.46. The number of methoxy groups -OCH3 is 1. The summed E-state index contributed by atoms with van der Waals surface area (Å²) >= 11 is 0. The molecule has 1 atom stereocenters. The van der Waals surface area contributed by atoms with Crippen molar-refractivity contribution in [1.82, 2.24) is 14.8 Å². The van der Waals surface area contributed by atoms with Crippen LogP contribution in [0.25, 0.3) is 0 Å². The lowest BCUT2D eigenvalue weighted by atomic mass is 10.1. The van der Waals surface area contributed by atoms with E-state index in [1.54, 1.807) is 25.1 Å². The number of fused-ring (bicyclic) bond motifs is 1. The zero-order valence-electron chi connectivity index (χ0n) is 17.1. The molecule has 0 saturated carbocycles. The van der Waals surface area contributed by atoms with Gasteiger partial charge in [-0.05, 0) is 37.3 Å². The van der Waals surface area contributed by atoms with Crippen LogP contribution >= 0.6 is 0 Å². The predicted octanol–water partition coefficient (Wildman–Crippen LogP) is 3.78. The van der Waals surface area contributed by atoms with Gasteiger partial charge < -0.3 is 15.0 Å². The van der Waals surface area contributed by atoms with Gasteiger partial charge in [-0.15, -0.1) is 0 Å². The monoisotopic (exact) mass is 445 g/mol. The van der Waals surface area contributed by atoms with Crippen molar-refractivity contribution in [3.63, 3.8) is 0 Å². The molecule has 0 saturated heterocycles. The highest BCUT2D eigenvalue weighted by molar-refractivity contribution is 6.15. The number of rotatable bonds is 4. The number of hydrogen-bond acceptors (Lipinski definition) is 5. The third-order valence-corrected chi connectivity index (χ3v) is 5.03. The van der Waals surface area contributed by atoms with Gasteiger partial charge >= 0.3 is 6.18 Å². The Bertz CT molecular complexity index is 1170. The average Bonchev–Trinajstić information content (AvgIpc) is 3.22. The highest BCUT2D eigenvalue weighted by Crippen LogP contribution is 2.33. The Balaban J connectivity index is 1.63. The number of hydrogen-bond donors (Lipinski definition) is 1. The first kappa shape index (κ1) is 21.3. The Labute approximate surface area is 180 Å². The molecule has 2 amide bonds. The van der Waals surface area contributed by atoms with E-state index >= 15 is 0 Å². The number of ether oxygens (including phenoxy) is 1. The molecule has 166 valence electrons. The van der Waals surface area contributed by atoms with Gasteiger partial charge in [0.2, 0.25) is 5.88 Å². The number of nitrogens with one attached hydrogen (secondary N) is 1. The van der Waals surface area contributed by atoms with Gasteiger partial charge in [-0.1, -0.05) is 6.07 Å². The first-order valence-corrected chi connectivity index (χ1v) is 9.58. The van der Waals surface area contributed by atoms with Crippen LogP contribution in [0.5, 0.6) is 5.88 Å². The highest BCUT2D eigenvalue weighted by Gasteiger charge is 2.36. The summed E-state index contributed by atoms with van der Waals surface area (Å²) < 4.78 is 45.1. The van der Waals surface area contributed by atoms with E-state index in [-0.39, 0.29) is 29.7 Å². The van der Waals surface area contributed by atoms with Crippen LogP contribution < -0.4 is 15.0 Å².